The van der Waals surface area contributed by atoms with Crippen molar-refractivity contribution in [2.24, 2.45) is 0 Å². The molecular formula is C25H25F3N2O. The average molecular weight is 426 g/mol. The van der Waals surface area contributed by atoms with Gasteiger partial charge in [-0.15, -0.1) is 0 Å². The molecule has 0 amide bonds. The van der Waals surface area contributed by atoms with Crippen molar-refractivity contribution in [1.29, 1.82) is 0 Å². The summed E-state index contributed by atoms with van der Waals surface area (Å²) in [7, 11) is 0. The number of alkyl halides is 3. The van der Waals surface area contributed by atoms with Crippen molar-refractivity contribution < 1.29 is 17.9 Å². The number of rotatable bonds is 9. The van der Waals surface area contributed by atoms with Crippen molar-refractivity contribution in [3.8, 4) is 28.3 Å². The average Bonchev–Trinajstić information content (AvgIpc) is 2.77. The van der Waals surface area contributed by atoms with E-state index >= 15 is 0 Å². The maximum Gasteiger partial charge on any atom is 0.409 e. The van der Waals surface area contributed by atoms with E-state index in [-0.39, 0.29) is 12.7 Å². The van der Waals surface area contributed by atoms with E-state index in [2.05, 4.69) is 16.9 Å². The van der Waals surface area contributed by atoms with E-state index in [1.54, 1.807) is 12.1 Å². The molecule has 2 aromatic carbocycles. The van der Waals surface area contributed by atoms with Gasteiger partial charge in [0.1, 0.15) is 12.4 Å². The molecule has 1 aromatic heterocycles. The SMILES string of the molecule is CCCCCc1cnc(-c2ccc(-c3ccc(OCC=CC(F)(F)F)cc3)cc2)nc1. The molecule has 0 atom stereocenters. The van der Waals surface area contributed by atoms with Crippen LogP contribution in [0.2, 0.25) is 0 Å². The van der Waals surface area contributed by atoms with Gasteiger partial charge >= 0.3 is 6.18 Å². The molecule has 162 valence electrons. The first kappa shape index (κ1) is 22.5. The molecule has 0 N–H and O–H groups in total. The second kappa shape index (κ2) is 10.8. The molecule has 0 saturated carbocycles. The lowest BCUT2D eigenvalue weighted by Gasteiger charge is -2.07. The summed E-state index contributed by atoms with van der Waals surface area (Å²) in [5.74, 6) is 1.21. The summed E-state index contributed by atoms with van der Waals surface area (Å²) in [5, 5.41) is 0. The number of aryl methyl sites for hydroxylation is 1. The third-order valence-electron chi connectivity index (χ3n) is 4.76. The van der Waals surface area contributed by atoms with Gasteiger partial charge in [-0.05, 0) is 47.7 Å². The standard InChI is InChI=1S/C25H25F3N2O/c1-2-3-4-6-19-17-29-24(30-18-19)22-9-7-20(8-10-22)21-11-13-23(14-12-21)31-16-5-15-25(26,27)28/h5,7-15,17-18H,2-4,6,16H2,1H3. The van der Waals surface area contributed by atoms with Crippen molar-refractivity contribution in [3.63, 3.8) is 0 Å². The molecule has 0 aliphatic rings. The lowest BCUT2D eigenvalue weighted by molar-refractivity contribution is -0.0801. The Morgan fingerprint density at radius 1 is 0.839 bits per heavy atom. The van der Waals surface area contributed by atoms with Crippen LogP contribution in [0.15, 0.2) is 73.1 Å². The molecule has 0 radical (unpaired) electrons. The first-order chi connectivity index (χ1) is 14.9. The highest BCUT2D eigenvalue weighted by Gasteiger charge is 2.21. The largest absolute Gasteiger partial charge is 0.490 e. The molecule has 0 aliphatic heterocycles. The van der Waals surface area contributed by atoms with E-state index in [1.807, 2.05) is 48.8 Å². The summed E-state index contributed by atoms with van der Waals surface area (Å²) < 4.78 is 41.6. The quantitative estimate of drug-likeness (QED) is 0.272. The zero-order valence-corrected chi connectivity index (χ0v) is 17.4. The Bertz CT molecular complexity index is 964. The van der Waals surface area contributed by atoms with E-state index in [0.29, 0.717) is 11.6 Å². The molecule has 3 aromatic rings. The minimum absolute atomic E-state index is 0.134. The second-order valence-electron chi connectivity index (χ2n) is 7.23. The fraction of sp³-hybridized carbons (Fsp3) is 0.280. The van der Waals surface area contributed by atoms with E-state index in [4.69, 9.17) is 4.74 Å². The minimum Gasteiger partial charge on any atom is -0.490 e. The molecule has 0 unspecified atom stereocenters. The normalized spacial score (nSPS) is 11.7. The van der Waals surface area contributed by atoms with Crippen molar-refractivity contribution in [2.45, 2.75) is 38.8 Å². The number of allylic oxidation sites excluding steroid dienone is 1. The first-order valence-corrected chi connectivity index (χ1v) is 10.3. The third-order valence-corrected chi connectivity index (χ3v) is 4.76. The van der Waals surface area contributed by atoms with Gasteiger partial charge in [-0.2, -0.15) is 13.2 Å². The van der Waals surface area contributed by atoms with Crippen LogP contribution in [0.4, 0.5) is 13.2 Å². The lowest BCUT2D eigenvalue weighted by atomic mass is 10.0. The van der Waals surface area contributed by atoms with Gasteiger partial charge in [-0.1, -0.05) is 56.2 Å². The predicted octanol–water partition coefficient (Wildman–Crippen LogP) is 7.04. The first-order valence-electron chi connectivity index (χ1n) is 10.3. The fourth-order valence-electron chi connectivity index (χ4n) is 3.09. The van der Waals surface area contributed by atoms with Crippen LogP contribution in [-0.4, -0.2) is 22.8 Å². The van der Waals surface area contributed by atoms with Crippen LogP contribution in [0.25, 0.3) is 22.5 Å². The zero-order chi connectivity index (χ0) is 22.1. The summed E-state index contributed by atoms with van der Waals surface area (Å²) >= 11 is 0. The number of aromatic nitrogens is 2. The molecule has 0 aliphatic carbocycles. The molecule has 6 heteroatoms. The highest BCUT2D eigenvalue weighted by molar-refractivity contribution is 5.68. The highest BCUT2D eigenvalue weighted by atomic mass is 19.4. The molecule has 0 spiro atoms. The summed E-state index contributed by atoms with van der Waals surface area (Å²) in [6.07, 6.45) is 5.17. The molecule has 3 nitrogen and oxygen atoms in total. The van der Waals surface area contributed by atoms with Crippen LogP contribution in [0.3, 0.4) is 0 Å². The monoisotopic (exact) mass is 426 g/mol. The van der Waals surface area contributed by atoms with Gasteiger partial charge in [0.2, 0.25) is 0 Å². The van der Waals surface area contributed by atoms with Gasteiger partial charge in [0.15, 0.2) is 5.82 Å². The van der Waals surface area contributed by atoms with Crippen LogP contribution < -0.4 is 4.74 Å². The number of hydrogen-bond acceptors (Lipinski definition) is 3. The van der Waals surface area contributed by atoms with Gasteiger partial charge in [-0.25, -0.2) is 9.97 Å². The molecule has 3 rings (SSSR count). The number of benzene rings is 2. The van der Waals surface area contributed by atoms with Crippen LogP contribution in [0, 0.1) is 0 Å². The van der Waals surface area contributed by atoms with Crippen molar-refractivity contribution in [1.82, 2.24) is 9.97 Å². The highest BCUT2D eigenvalue weighted by Crippen LogP contribution is 2.25. The van der Waals surface area contributed by atoms with E-state index in [0.717, 1.165) is 41.2 Å². The summed E-state index contributed by atoms with van der Waals surface area (Å²) in [5.41, 5.74) is 4.10. The van der Waals surface area contributed by atoms with Gasteiger partial charge < -0.3 is 4.74 Å². The van der Waals surface area contributed by atoms with E-state index < -0.39 is 6.18 Å². The third kappa shape index (κ3) is 7.24. The van der Waals surface area contributed by atoms with E-state index in [1.165, 1.54) is 12.8 Å². The Morgan fingerprint density at radius 3 is 2.00 bits per heavy atom. The van der Waals surface area contributed by atoms with Gasteiger partial charge in [0.05, 0.1) is 0 Å². The molecule has 0 bridgehead atoms. The maximum absolute atomic E-state index is 12.1. The Labute approximate surface area is 180 Å². The Hall–Kier alpha value is -3.15. The topological polar surface area (TPSA) is 35.0 Å². The number of unbranched alkanes of at least 4 members (excludes halogenated alkanes) is 2. The molecule has 0 saturated heterocycles. The smallest absolute Gasteiger partial charge is 0.409 e. The van der Waals surface area contributed by atoms with E-state index in [9.17, 15) is 13.2 Å². The number of hydrogen-bond donors (Lipinski definition) is 0. The number of halogens is 3. The fourth-order valence-corrected chi connectivity index (χ4v) is 3.09. The number of ether oxygens (including phenoxy) is 1. The van der Waals surface area contributed by atoms with Gasteiger partial charge in [0, 0.05) is 24.0 Å². The van der Waals surface area contributed by atoms with Gasteiger partial charge in [0.25, 0.3) is 0 Å². The Balaban J connectivity index is 1.59. The molecule has 0 fully saturated rings. The minimum atomic E-state index is -4.32. The predicted molar refractivity (Wildman–Crippen MR) is 117 cm³/mol. The van der Waals surface area contributed by atoms with Crippen molar-refractivity contribution >= 4 is 0 Å². The lowest BCUT2D eigenvalue weighted by Crippen LogP contribution is -2.02. The molecule has 31 heavy (non-hydrogen) atoms. The summed E-state index contributed by atoms with van der Waals surface area (Å²) in [6, 6.07) is 15.2. The van der Waals surface area contributed by atoms with Crippen LogP contribution in [-0.2, 0) is 6.42 Å². The molecular weight excluding hydrogens is 401 g/mol. The van der Waals surface area contributed by atoms with Crippen molar-refractivity contribution in [2.75, 3.05) is 6.61 Å². The number of nitrogens with zero attached hydrogens (tertiary/aromatic N) is 2. The Kier molecular flexibility index (Phi) is 7.82. The maximum atomic E-state index is 12.1. The van der Waals surface area contributed by atoms with Crippen LogP contribution in [0.1, 0.15) is 31.7 Å². The van der Waals surface area contributed by atoms with Crippen molar-refractivity contribution in [3.05, 3.63) is 78.6 Å². The Morgan fingerprint density at radius 2 is 1.42 bits per heavy atom. The second-order valence-corrected chi connectivity index (χ2v) is 7.23. The molecule has 1 heterocycles. The van der Waals surface area contributed by atoms with Crippen LogP contribution in [0.5, 0.6) is 5.75 Å². The zero-order valence-electron chi connectivity index (χ0n) is 17.4. The van der Waals surface area contributed by atoms with Crippen LogP contribution >= 0.6 is 0 Å². The summed E-state index contributed by atoms with van der Waals surface area (Å²) in [4.78, 5) is 8.98. The van der Waals surface area contributed by atoms with Gasteiger partial charge in [-0.3, -0.25) is 0 Å². The summed E-state index contributed by atoms with van der Waals surface area (Å²) in [6.45, 7) is 2.05.